The second kappa shape index (κ2) is 44.2. The number of nitrogens with zero attached hydrogens (tertiary/aromatic N) is 4. The standard InChI is InChI=1S/C118H124F4N4O2S6/c1-11-19-27-35-43-73-51-74(44-36-28-20-12-2)56-81(55-73)117(82-57-75(45-37-29-21-13-3)52-76(58-82)46-38-30-22-14-4)103-109-99(65-85(129-109)63-91-101(97(71-123)125-9)87-67-93(119)95(121)69-89(87)107(91)127)131-111(103)113-105(117)115-116(133-113)106-114(134-115)112-104(110-100(132-112)66-86(130-110)64-92-102(98(72-124)126-10)88-68-94(120)96(122)70-90(88)108(92)128)118(106,83-59-77(47-39-31-23-15-5)53-78(60-83)48-40-32-24-16-6)84-61-79(49-41-33-25-17-7)54-80(62-84)50-42-34-26-18-8/h51-70H,11-50H2,1-8H3/b91-63-,92-64-,101-97-,102-98+. The van der Waals surface area contributed by atoms with E-state index in [0.29, 0.717) is 0 Å². The Balaban J connectivity index is 1.07. The molecule has 0 unspecified atom stereocenters. The number of benzene rings is 6. The lowest BCUT2D eigenvalue weighted by molar-refractivity contribution is 0.103. The van der Waals surface area contributed by atoms with Crippen LogP contribution < -0.4 is 0 Å². The SMILES string of the molecule is [C-]#[N+]/C(C#N)=C1\C(=C\c2cc3sc4c(c3s2)C(c2cc(CCCCCC)cc(CCCCCC)c2)(c2cc(CCCCCC)cc(CCCCCC)c2)c2c-4sc3c4c(sc23)-c2sc3cc(/C=C5\C(=O)c6cc(F)c(F)cc6\C5=C(\C#N)[N+]#[C-])sc3c2C4(c2cc(CCCCCC)cc(CCCCCC)c2)c2cc(CCCCCC)cc(CCCCCC)c2)C(=O)c2cc(F)c(F)cc21. The third kappa shape index (κ3) is 19.2. The molecule has 0 radical (unpaired) electrons. The maximum Gasteiger partial charge on any atom is 0.270 e. The minimum Gasteiger partial charge on any atom is -0.289 e. The molecule has 0 saturated carbocycles. The van der Waals surface area contributed by atoms with Gasteiger partial charge in [-0.2, -0.15) is 0 Å². The summed E-state index contributed by atoms with van der Waals surface area (Å²) in [6, 6.07) is 43.3. The van der Waals surface area contributed by atoms with Crippen molar-refractivity contribution >= 4 is 131 Å². The Morgan fingerprint density at radius 3 is 0.769 bits per heavy atom. The molecule has 12 aromatic rings. The summed E-state index contributed by atoms with van der Waals surface area (Å²) in [6.07, 6.45) is 46.4. The average molecular weight is 1900 g/mol. The van der Waals surface area contributed by atoms with Gasteiger partial charge in [0, 0.05) is 74.8 Å². The quantitative estimate of drug-likeness (QED) is 0.0125. The van der Waals surface area contributed by atoms with Crippen molar-refractivity contribution < 1.29 is 27.2 Å². The molecule has 6 heterocycles. The number of hydrogen-bond acceptors (Lipinski definition) is 10. The van der Waals surface area contributed by atoms with Crippen LogP contribution in [0.4, 0.5) is 17.6 Å². The van der Waals surface area contributed by atoms with E-state index in [1.165, 1.54) is 118 Å². The Kier molecular flexibility index (Phi) is 32.1. The van der Waals surface area contributed by atoms with Crippen LogP contribution in [0, 0.1) is 59.1 Å². The first-order valence-electron chi connectivity index (χ1n) is 50.2. The molecule has 134 heavy (non-hydrogen) atoms. The number of rotatable bonds is 46. The Morgan fingerprint density at radius 2 is 0.537 bits per heavy atom. The van der Waals surface area contributed by atoms with Gasteiger partial charge in [-0.3, -0.25) is 9.59 Å². The van der Waals surface area contributed by atoms with Crippen molar-refractivity contribution in [1.29, 1.82) is 10.5 Å². The molecule has 0 fully saturated rings. The van der Waals surface area contributed by atoms with E-state index in [1.807, 2.05) is 34.8 Å². The van der Waals surface area contributed by atoms with Crippen LogP contribution >= 0.6 is 68.0 Å². The minimum atomic E-state index is -1.18. The summed E-state index contributed by atoms with van der Waals surface area (Å²) in [5.74, 6) is -5.85. The van der Waals surface area contributed by atoms with E-state index in [9.17, 15) is 10.5 Å². The maximum atomic E-state index is 15.6. The molecule has 0 N–H and O–H groups in total. The number of allylic oxidation sites excluding steroid dienone is 6. The van der Waals surface area contributed by atoms with Gasteiger partial charge in [-0.25, -0.2) is 37.8 Å². The third-order valence-corrected chi connectivity index (χ3v) is 36.0. The van der Waals surface area contributed by atoms with E-state index in [0.717, 1.165) is 310 Å². The van der Waals surface area contributed by atoms with Crippen molar-refractivity contribution in [3.63, 3.8) is 0 Å². The topological polar surface area (TPSA) is 90.4 Å². The van der Waals surface area contributed by atoms with Gasteiger partial charge in [-0.05, 0) is 229 Å². The van der Waals surface area contributed by atoms with Crippen molar-refractivity contribution in [2.45, 2.75) is 323 Å². The monoisotopic (exact) mass is 1900 g/mol. The summed E-state index contributed by atoms with van der Waals surface area (Å²) in [7, 11) is 0. The van der Waals surface area contributed by atoms with E-state index < -0.39 is 45.7 Å². The molecule has 0 spiro atoms. The molecule has 6 aromatic carbocycles. The zero-order valence-corrected chi connectivity index (χ0v) is 84.3. The van der Waals surface area contributed by atoms with E-state index in [2.05, 4.69) is 150 Å². The van der Waals surface area contributed by atoms with E-state index in [1.54, 1.807) is 57.5 Å². The fraction of sp³-hybridized carbons (Fsp3) is 0.424. The predicted molar refractivity (Wildman–Crippen MR) is 559 cm³/mol. The molecule has 0 saturated heterocycles. The first-order chi connectivity index (χ1) is 65.4. The van der Waals surface area contributed by atoms with Crippen LogP contribution in [0.1, 0.15) is 391 Å². The van der Waals surface area contributed by atoms with E-state index >= 15 is 27.2 Å². The van der Waals surface area contributed by atoms with Gasteiger partial charge in [0.25, 0.3) is 11.4 Å². The number of halogens is 4. The van der Waals surface area contributed by atoms with E-state index in [4.69, 9.17) is 13.1 Å². The van der Waals surface area contributed by atoms with Gasteiger partial charge >= 0.3 is 0 Å². The second-order valence-electron chi connectivity index (χ2n) is 38.0. The zero-order chi connectivity index (χ0) is 93.9. The summed E-state index contributed by atoms with van der Waals surface area (Å²) in [5.41, 5.74) is 18.0. The number of fused-ring (bicyclic) bond motifs is 15. The van der Waals surface area contributed by atoms with Crippen molar-refractivity contribution in [1.82, 2.24) is 0 Å². The Bertz CT molecular complexity index is 6070. The number of carbonyl (C=O) groups excluding carboxylic acids is 2. The lowest BCUT2D eigenvalue weighted by Gasteiger charge is -2.35. The average Bonchev–Trinajstić information content (AvgIpc) is 1.47. The van der Waals surface area contributed by atoms with Gasteiger partial charge < -0.3 is 0 Å². The molecule has 0 bridgehead atoms. The van der Waals surface area contributed by atoms with Crippen LogP contribution in [-0.2, 0) is 62.2 Å². The van der Waals surface area contributed by atoms with E-state index in [-0.39, 0.29) is 55.9 Å². The number of hydrogen-bond donors (Lipinski definition) is 0. The number of nitriles is 2. The molecule has 16 heteroatoms. The summed E-state index contributed by atoms with van der Waals surface area (Å²) < 4.78 is 69.0. The Morgan fingerprint density at radius 1 is 0.306 bits per heavy atom. The molecule has 0 amide bonds. The Hall–Kier alpha value is -9.72. The summed E-state index contributed by atoms with van der Waals surface area (Å²) in [6.45, 7) is 34.9. The third-order valence-electron chi connectivity index (χ3n) is 28.4. The highest BCUT2D eigenvalue weighted by Crippen LogP contribution is 2.73. The van der Waals surface area contributed by atoms with Gasteiger partial charge in [0.1, 0.15) is 0 Å². The first kappa shape index (κ1) is 97.4. The molecule has 6 nitrogen and oxygen atoms in total. The van der Waals surface area contributed by atoms with Crippen LogP contribution in [0.3, 0.4) is 0 Å². The van der Waals surface area contributed by atoms with Crippen molar-refractivity contribution in [2.75, 3.05) is 0 Å². The number of unbranched alkanes of at least 4 members (excludes halogenated alkanes) is 24. The lowest BCUT2D eigenvalue weighted by atomic mass is 9.65. The molecule has 4 aliphatic carbocycles. The molecule has 0 aliphatic heterocycles. The molecule has 0 atom stereocenters. The van der Waals surface area contributed by atoms with Crippen LogP contribution in [0.2, 0.25) is 0 Å². The highest BCUT2D eigenvalue weighted by atomic mass is 32.1. The number of carbonyl (C=O) groups is 2. The molecule has 692 valence electrons. The largest absolute Gasteiger partial charge is 0.289 e. The van der Waals surface area contributed by atoms with Gasteiger partial charge in [-0.1, -0.05) is 282 Å². The maximum absolute atomic E-state index is 15.6. The number of ketones is 2. The zero-order valence-electron chi connectivity index (χ0n) is 79.4. The molecule has 4 aliphatic rings. The number of thiophene rings is 6. The Labute approximate surface area is 815 Å². The van der Waals surface area contributed by atoms with Crippen LogP contribution in [0.5, 0.6) is 0 Å². The number of Topliss-reactive ketones (excluding diaryl/α,β-unsaturated/α-hetero) is 2. The van der Waals surface area contributed by atoms with Gasteiger partial charge in [0.05, 0.1) is 74.4 Å². The molecule has 6 aromatic heterocycles. The summed E-state index contributed by atoms with van der Waals surface area (Å²) in [5, 5.41) is 21.4. The molecular weight excluding hydrogens is 1770 g/mol. The lowest BCUT2D eigenvalue weighted by Crippen LogP contribution is -2.30. The summed E-state index contributed by atoms with van der Waals surface area (Å²) in [4.78, 5) is 43.8. The highest BCUT2D eigenvalue weighted by molar-refractivity contribution is 7.37. The van der Waals surface area contributed by atoms with Gasteiger partial charge in [-0.15, -0.1) is 68.0 Å². The van der Waals surface area contributed by atoms with Crippen molar-refractivity contribution in [3.05, 3.63) is 299 Å². The fourth-order valence-corrected chi connectivity index (χ4v) is 30.6. The summed E-state index contributed by atoms with van der Waals surface area (Å²) >= 11 is 10.8. The normalized spacial score (nSPS) is 15.2. The number of aryl methyl sites for hydroxylation is 8. The second-order valence-corrected chi connectivity index (χ2v) is 44.3. The first-order valence-corrected chi connectivity index (χ1v) is 55.1. The van der Waals surface area contributed by atoms with Crippen molar-refractivity contribution in [3.8, 4) is 31.6 Å². The molecular formula is C118H124F4N4O2S6. The van der Waals surface area contributed by atoms with Gasteiger partial charge in [0.15, 0.2) is 34.8 Å². The van der Waals surface area contributed by atoms with Crippen LogP contribution in [-0.4, -0.2) is 11.6 Å². The smallest absolute Gasteiger partial charge is 0.270 e. The van der Waals surface area contributed by atoms with Crippen molar-refractivity contribution in [2.24, 2.45) is 0 Å². The highest BCUT2D eigenvalue weighted by Gasteiger charge is 2.57. The predicted octanol–water partition coefficient (Wildman–Crippen LogP) is 36.6. The van der Waals surface area contributed by atoms with Gasteiger partial charge in [0.2, 0.25) is 0 Å². The minimum absolute atomic E-state index is 0.00689. The fourth-order valence-electron chi connectivity index (χ4n) is 21.8. The van der Waals surface area contributed by atoms with Crippen LogP contribution in [0.15, 0.2) is 132 Å². The van der Waals surface area contributed by atoms with Crippen LogP contribution in [0.25, 0.3) is 80.7 Å². The molecule has 16 rings (SSSR count).